The molecule has 0 N–H and O–H groups in total. The summed E-state index contributed by atoms with van der Waals surface area (Å²) in [6, 6.07) is 0. The maximum atomic E-state index is 3.86. The maximum Gasteiger partial charge on any atom is 0.138 e. The largest absolute Gasteiger partial charge is 0.274 e. The lowest BCUT2D eigenvalue weighted by molar-refractivity contribution is 1.48. The van der Waals surface area contributed by atoms with E-state index >= 15 is 0 Å². The first-order valence-electron chi connectivity index (χ1n) is 2.12. The smallest absolute Gasteiger partial charge is 0.138 e. The van der Waals surface area contributed by atoms with Gasteiger partial charge in [0, 0.05) is 7.05 Å². The molecule has 0 aromatic heterocycles. The molecule has 0 saturated carbocycles. The molecule has 8 heavy (non-hydrogen) atoms. The SMILES string of the molecule is C=C(C)SC(Br)=NC. The molecule has 0 aliphatic rings. The van der Waals surface area contributed by atoms with Gasteiger partial charge in [0.1, 0.15) is 3.95 Å². The second kappa shape index (κ2) is 4.15. The molecule has 0 fully saturated rings. The van der Waals surface area contributed by atoms with Gasteiger partial charge < -0.3 is 0 Å². The molecule has 0 rings (SSSR count). The van der Waals surface area contributed by atoms with E-state index in [0.29, 0.717) is 0 Å². The standard InChI is InChI=1S/C5H8BrNS/c1-4(2)8-5(6)7-3/h1H2,2-3H3. The van der Waals surface area contributed by atoms with Gasteiger partial charge in [0.15, 0.2) is 0 Å². The highest BCUT2D eigenvalue weighted by Gasteiger charge is 1.90. The van der Waals surface area contributed by atoms with Crippen LogP contribution in [0.3, 0.4) is 0 Å². The molecule has 0 aromatic rings. The van der Waals surface area contributed by atoms with Crippen LogP contribution in [0.25, 0.3) is 0 Å². The van der Waals surface area contributed by atoms with E-state index in [1.54, 1.807) is 7.05 Å². The predicted octanol–water partition coefficient (Wildman–Crippen LogP) is 2.63. The Morgan fingerprint density at radius 2 is 2.25 bits per heavy atom. The summed E-state index contributed by atoms with van der Waals surface area (Å²) in [5.74, 6) is 0. The van der Waals surface area contributed by atoms with Crippen LogP contribution < -0.4 is 0 Å². The number of nitrogens with zero attached hydrogens (tertiary/aromatic N) is 1. The van der Waals surface area contributed by atoms with Crippen molar-refractivity contribution < 1.29 is 0 Å². The Balaban J connectivity index is 3.56. The second-order valence-corrected chi connectivity index (χ2v) is 3.84. The van der Waals surface area contributed by atoms with Gasteiger partial charge in [0.25, 0.3) is 0 Å². The van der Waals surface area contributed by atoms with Crippen LogP contribution in [0.15, 0.2) is 16.5 Å². The molecule has 0 radical (unpaired) electrons. The van der Waals surface area contributed by atoms with E-state index in [1.165, 1.54) is 11.8 Å². The lowest BCUT2D eigenvalue weighted by Gasteiger charge is -1.91. The quantitative estimate of drug-likeness (QED) is 0.461. The van der Waals surface area contributed by atoms with Crippen LogP contribution in [0.2, 0.25) is 0 Å². The molecular weight excluding hydrogens is 186 g/mol. The zero-order chi connectivity index (χ0) is 6.57. The molecule has 0 amide bonds. The van der Waals surface area contributed by atoms with Crippen LogP contribution in [0.1, 0.15) is 6.92 Å². The van der Waals surface area contributed by atoms with Crippen LogP contribution in [0.4, 0.5) is 0 Å². The van der Waals surface area contributed by atoms with Gasteiger partial charge in [-0.25, -0.2) is 0 Å². The van der Waals surface area contributed by atoms with Gasteiger partial charge in [-0.05, 0) is 27.8 Å². The highest BCUT2D eigenvalue weighted by molar-refractivity contribution is 9.22. The van der Waals surface area contributed by atoms with Gasteiger partial charge in [-0.2, -0.15) is 0 Å². The van der Waals surface area contributed by atoms with E-state index in [9.17, 15) is 0 Å². The number of hydrogen-bond donors (Lipinski definition) is 0. The predicted molar refractivity (Wildman–Crippen MR) is 44.7 cm³/mol. The molecule has 3 heteroatoms. The Kier molecular flexibility index (Phi) is 4.28. The Labute approximate surface area is 62.4 Å². The third kappa shape index (κ3) is 4.40. The molecule has 0 heterocycles. The van der Waals surface area contributed by atoms with Gasteiger partial charge in [0.05, 0.1) is 0 Å². The summed E-state index contributed by atoms with van der Waals surface area (Å²) in [6.45, 7) is 5.64. The van der Waals surface area contributed by atoms with Crippen molar-refractivity contribution in [3.8, 4) is 0 Å². The second-order valence-electron chi connectivity index (χ2n) is 1.28. The lowest BCUT2D eigenvalue weighted by Crippen LogP contribution is -1.74. The monoisotopic (exact) mass is 193 g/mol. The average Bonchev–Trinajstić information content (AvgIpc) is 1.65. The van der Waals surface area contributed by atoms with Crippen LogP contribution >= 0.6 is 27.7 Å². The van der Waals surface area contributed by atoms with Crippen molar-refractivity contribution in [1.29, 1.82) is 0 Å². The summed E-state index contributed by atoms with van der Waals surface area (Å²) in [5.41, 5.74) is 0. The zero-order valence-corrected chi connectivity index (χ0v) is 7.34. The van der Waals surface area contributed by atoms with E-state index in [0.717, 1.165) is 8.86 Å². The molecule has 0 spiro atoms. The fraction of sp³-hybridized carbons (Fsp3) is 0.400. The number of allylic oxidation sites excluding steroid dienone is 1. The van der Waals surface area contributed by atoms with E-state index < -0.39 is 0 Å². The van der Waals surface area contributed by atoms with Crippen LogP contribution in [-0.2, 0) is 0 Å². The molecule has 0 atom stereocenters. The first-order chi connectivity index (χ1) is 3.66. The zero-order valence-electron chi connectivity index (χ0n) is 4.94. The topological polar surface area (TPSA) is 12.4 Å². The van der Waals surface area contributed by atoms with Crippen molar-refractivity contribution in [3.05, 3.63) is 11.5 Å². The van der Waals surface area contributed by atoms with E-state index in [1.807, 2.05) is 6.92 Å². The maximum absolute atomic E-state index is 3.86. The van der Waals surface area contributed by atoms with Gasteiger partial charge >= 0.3 is 0 Å². The Morgan fingerprint density at radius 1 is 1.75 bits per heavy atom. The number of rotatable bonds is 1. The highest BCUT2D eigenvalue weighted by atomic mass is 79.9. The van der Waals surface area contributed by atoms with Crippen molar-refractivity contribution in [2.45, 2.75) is 6.92 Å². The molecule has 0 unspecified atom stereocenters. The van der Waals surface area contributed by atoms with Gasteiger partial charge in [-0.3, -0.25) is 4.99 Å². The third-order valence-corrected chi connectivity index (χ3v) is 1.97. The summed E-state index contributed by atoms with van der Waals surface area (Å²) >= 11 is 4.76. The highest BCUT2D eigenvalue weighted by Crippen LogP contribution is 2.17. The summed E-state index contributed by atoms with van der Waals surface area (Å²) in [6.07, 6.45) is 0. The number of halogens is 1. The van der Waals surface area contributed by atoms with Crippen molar-refractivity contribution in [2.24, 2.45) is 4.99 Å². The normalized spacial score (nSPS) is 11.6. The van der Waals surface area contributed by atoms with Gasteiger partial charge in [-0.15, -0.1) is 0 Å². The Morgan fingerprint density at radius 3 is 2.38 bits per heavy atom. The third-order valence-electron chi connectivity index (χ3n) is 0.434. The molecule has 0 aromatic carbocycles. The van der Waals surface area contributed by atoms with Crippen molar-refractivity contribution in [1.82, 2.24) is 0 Å². The van der Waals surface area contributed by atoms with Crippen molar-refractivity contribution >= 4 is 31.6 Å². The van der Waals surface area contributed by atoms with Crippen LogP contribution in [0, 0.1) is 0 Å². The lowest BCUT2D eigenvalue weighted by atomic mass is 10.8. The summed E-state index contributed by atoms with van der Waals surface area (Å²) in [7, 11) is 1.74. The fourth-order valence-electron chi connectivity index (χ4n) is 0.189. The van der Waals surface area contributed by atoms with E-state index in [2.05, 4.69) is 27.5 Å². The fourth-order valence-corrected chi connectivity index (χ4v) is 1.40. The van der Waals surface area contributed by atoms with E-state index in [4.69, 9.17) is 0 Å². The summed E-state index contributed by atoms with van der Waals surface area (Å²) in [5, 5.41) is 0. The molecule has 0 aliphatic heterocycles. The van der Waals surface area contributed by atoms with Crippen LogP contribution in [-0.4, -0.2) is 11.0 Å². The number of hydrogen-bond acceptors (Lipinski definition) is 2. The van der Waals surface area contributed by atoms with Gasteiger partial charge in [-0.1, -0.05) is 18.3 Å². The molecule has 1 nitrogen and oxygen atoms in total. The van der Waals surface area contributed by atoms with Gasteiger partial charge in [0.2, 0.25) is 0 Å². The van der Waals surface area contributed by atoms with Crippen molar-refractivity contribution in [2.75, 3.05) is 7.05 Å². The van der Waals surface area contributed by atoms with Crippen molar-refractivity contribution in [3.63, 3.8) is 0 Å². The molecule has 0 aliphatic carbocycles. The minimum absolute atomic E-state index is 0.880. The van der Waals surface area contributed by atoms with Crippen LogP contribution in [0.5, 0.6) is 0 Å². The Hall–Kier alpha value is 0.240. The molecular formula is C5H8BrNS. The molecule has 0 bridgehead atoms. The molecule has 46 valence electrons. The average molecular weight is 194 g/mol. The first kappa shape index (κ1) is 8.24. The molecule has 0 saturated heterocycles. The Bertz CT molecular complexity index is 120. The first-order valence-corrected chi connectivity index (χ1v) is 3.73. The summed E-state index contributed by atoms with van der Waals surface area (Å²) < 4.78 is 0.880. The minimum atomic E-state index is 0.880. The number of aliphatic imine (C=N–C) groups is 1. The van der Waals surface area contributed by atoms with E-state index in [-0.39, 0.29) is 0 Å². The summed E-state index contributed by atoms with van der Waals surface area (Å²) in [4.78, 5) is 4.91. The number of thioether (sulfide) groups is 1. The minimum Gasteiger partial charge on any atom is -0.274 e.